The summed E-state index contributed by atoms with van der Waals surface area (Å²) in [5, 5.41) is 9.70. The number of nitrogens with one attached hydrogen (secondary N) is 3. The molecule has 1 saturated heterocycles. The third-order valence-electron chi connectivity index (χ3n) is 11.0. The maximum Gasteiger partial charge on any atom is 0.259 e. The third kappa shape index (κ3) is 8.02. The lowest BCUT2D eigenvalue weighted by Gasteiger charge is -2.36. The number of likely N-dealkylation sites (tertiary alicyclic amines) is 1. The van der Waals surface area contributed by atoms with Crippen LogP contribution >= 0.6 is 0 Å². The number of amides is 3. The molecule has 7 rings (SSSR count). The molecule has 3 amide bonds. The summed E-state index contributed by atoms with van der Waals surface area (Å²) in [4.78, 5) is 49.7. The Morgan fingerprint density at radius 3 is 2.09 bits per heavy atom. The molecule has 1 heterocycles. The molecule has 3 aromatic carbocycles. The standard InChI is InChI=1S/C41H47F2N5O6S/c1-40(2,3)35(44-21-11-14-25-12-5-4-6-13-25)38(50)48-24-26(54-46-34-30-17-9-7-15-28(30)29-16-8-10-18-31(29)34)22-33(48)37(49)45-41(23-32(41)36(42)43)39(51)47-55(52,53)27-19-20-27/h4-10,12-13,15-18,26-27,32-33,35-36,44H,11,14,19-24H2,1-3H3,(H,45,49)(H,47,51)/t26-,32+,33?,35-,41+/m1/s1. The van der Waals surface area contributed by atoms with E-state index in [4.69, 9.17) is 4.84 Å². The van der Waals surface area contributed by atoms with Crippen LogP contribution in [0.15, 0.2) is 84.0 Å². The molecule has 0 aromatic heterocycles. The van der Waals surface area contributed by atoms with Gasteiger partial charge >= 0.3 is 0 Å². The first-order valence-corrected chi connectivity index (χ1v) is 20.4. The lowest BCUT2D eigenvalue weighted by Crippen LogP contribution is -2.60. The van der Waals surface area contributed by atoms with Crippen molar-refractivity contribution >= 4 is 33.5 Å². The lowest BCUT2D eigenvalue weighted by atomic mass is 9.85. The Labute approximate surface area is 320 Å². The van der Waals surface area contributed by atoms with Gasteiger partial charge in [0.1, 0.15) is 23.4 Å². The van der Waals surface area contributed by atoms with Gasteiger partial charge in [-0.2, -0.15) is 0 Å². The number of halogens is 2. The van der Waals surface area contributed by atoms with Crippen LogP contribution in [0.4, 0.5) is 8.78 Å². The number of aryl methyl sites for hydroxylation is 1. The molecule has 3 fully saturated rings. The van der Waals surface area contributed by atoms with Gasteiger partial charge in [-0.15, -0.1) is 0 Å². The van der Waals surface area contributed by atoms with E-state index in [9.17, 15) is 31.6 Å². The number of sulfonamides is 1. The second-order valence-electron chi connectivity index (χ2n) is 16.1. The molecule has 0 radical (unpaired) electrons. The maximum absolute atomic E-state index is 14.6. The van der Waals surface area contributed by atoms with E-state index in [0.717, 1.165) is 35.1 Å². The molecule has 3 aliphatic carbocycles. The number of benzene rings is 3. The molecule has 11 nitrogen and oxygen atoms in total. The highest BCUT2D eigenvalue weighted by molar-refractivity contribution is 7.91. The quantitative estimate of drug-likeness (QED) is 0.123. The smallest absolute Gasteiger partial charge is 0.259 e. The summed E-state index contributed by atoms with van der Waals surface area (Å²) in [5.74, 6) is -4.02. The Kier molecular flexibility index (Phi) is 10.6. The molecule has 1 unspecified atom stereocenters. The summed E-state index contributed by atoms with van der Waals surface area (Å²) in [6.07, 6.45) is -1.99. The molecular formula is C41H47F2N5O6S. The van der Waals surface area contributed by atoms with Crippen LogP contribution in [0.25, 0.3) is 11.1 Å². The molecule has 0 bridgehead atoms. The minimum Gasteiger partial charge on any atom is -0.390 e. The normalized spacial score (nSPS) is 23.5. The third-order valence-corrected chi connectivity index (χ3v) is 12.8. The van der Waals surface area contributed by atoms with E-state index in [-0.39, 0.29) is 13.0 Å². The van der Waals surface area contributed by atoms with Gasteiger partial charge in [0.2, 0.25) is 28.3 Å². The van der Waals surface area contributed by atoms with Crippen LogP contribution in [0.2, 0.25) is 0 Å². The molecule has 5 atom stereocenters. The first-order chi connectivity index (χ1) is 26.2. The average molecular weight is 776 g/mol. The van der Waals surface area contributed by atoms with E-state index in [1.807, 2.05) is 104 Å². The highest BCUT2D eigenvalue weighted by atomic mass is 32.2. The summed E-state index contributed by atoms with van der Waals surface area (Å²) in [6, 6.07) is 23.6. The molecule has 55 heavy (non-hydrogen) atoms. The van der Waals surface area contributed by atoms with Crippen molar-refractivity contribution in [3.8, 4) is 11.1 Å². The van der Waals surface area contributed by atoms with Crippen LogP contribution in [0.1, 0.15) is 69.6 Å². The molecule has 14 heteroatoms. The summed E-state index contributed by atoms with van der Waals surface area (Å²) in [6.45, 7) is 6.21. The Morgan fingerprint density at radius 1 is 0.927 bits per heavy atom. The van der Waals surface area contributed by atoms with Crippen molar-refractivity contribution in [3.63, 3.8) is 0 Å². The zero-order valence-electron chi connectivity index (χ0n) is 31.1. The van der Waals surface area contributed by atoms with Crippen molar-refractivity contribution in [3.05, 3.63) is 95.6 Å². The van der Waals surface area contributed by atoms with Crippen LogP contribution < -0.4 is 15.4 Å². The maximum atomic E-state index is 14.6. The van der Waals surface area contributed by atoms with Crippen LogP contribution in [0.5, 0.6) is 0 Å². The number of nitrogens with zero attached hydrogens (tertiary/aromatic N) is 2. The summed E-state index contributed by atoms with van der Waals surface area (Å²) < 4.78 is 55.5. The van der Waals surface area contributed by atoms with Gasteiger partial charge in [0, 0.05) is 17.5 Å². The minimum atomic E-state index is -4.08. The fraction of sp³-hybridized carbons (Fsp3) is 0.463. The van der Waals surface area contributed by atoms with Gasteiger partial charge in [-0.3, -0.25) is 19.1 Å². The largest absolute Gasteiger partial charge is 0.390 e. The zero-order chi connectivity index (χ0) is 39.1. The van der Waals surface area contributed by atoms with Crippen LogP contribution in [0.3, 0.4) is 0 Å². The van der Waals surface area contributed by atoms with Crippen molar-refractivity contribution in [2.45, 2.75) is 94.7 Å². The van der Waals surface area contributed by atoms with Crippen LogP contribution in [-0.2, 0) is 35.7 Å². The first-order valence-electron chi connectivity index (χ1n) is 18.9. The minimum absolute atomic E-state index is 0.0389. The monoisotopic (exact) mass is 775 g/mol. The van der Waals surface area contributed by atoms with Gasteiger partial charge < -0.3 is 20.4 Å². The number of carbonyl (C=O) groups excluding carboxylic acids is 3. The lowest BCUT2D eigenvalue weighted by molar-refractivity contribution is -0.143. The summed E-state index contributed by atoms with van der Waals surface area (Å²) >= 11 is 0. The molecule has 292 valence electrons. The SMILES string of the molecule is CC(C)(C)[C@H](NCCCc1ccccc1)C(=O)N1C[C@H](ON=C2c3ccccc3-c3ccccc32)CC1C(=O)N[C@@]1(C(=O)NS(=O)(=O)C2CC2)C[C@H]1C(F)F. The van der Waals surface area contributed by atoms with Gasteiger partial charge in [-0.25, -0.2) is 17.2 Å². The zero-order valence-corrected chi connectivity index (χ0v) is 32.0. The van der Waals surface area contributed by atoms with Gasteiger partial charge in [0.05, 0.1) is 23.8 Å². The van der Waals surface area contributed by atoms with E-state index >= 15 is 0 Å². The summed E-state index contributed by atoms with van der Waals surface area (Å²) in [7, 11) is -4.08. The first kappa shape index (κ1) is 38.6. The molecule has 1 aliphatic heterocycles. The number of carbonyl (C=O) groups is 3. The van der Waals surface area contributed by atoms with E-state index in [0.29, 0.717) is 25.1 Å². The van der Waals surface area contributed by atoms with E-state index < -0.39 is 80.9 Å². The van der Waals surface area contributed by atoms with Crippen molar-refractivity contribution in [2.24, 2.45) is 16.5 Å². The summed E-state index contributed by atoms with van der Waals surface area (Å²) in [5.41, 5.74) is 2.77. The molecular weight excluding hydrogens is 729 g/mol. The van der Waals surface area contributed by atoms with Crippen molar-refractivity contribution in [2.75, 3.05) is 13.1 Å². The van der Waals surface area contributed by atoms with Gasteiger partial charge in [0.25, 0.3) is 5.91 Å². The highest BCUT2D eigenvalue weighted by Gasteiger charge is 2.66. The topological polar surface area (TPSA) is 146 Å². The highest BCUT2D eigenvalue weighted by Crippen LogP contribution is 2.48. The fourth-order valence-electron chi connectivity index (χ4n) is 7.74. The number of oxime groups is 1. The molecule has 3 aromatic rings. The van der Waals surface area contributed by atoms with E-state index in [1.165, 1.54) is 10.5 Å². The molecule has 2 saturated carbocycles. The number of alkyl halides is 2. The predicted molar refractivity (Wildman–Crippen MR) is 204 cm³/mol. The fourth-order valence-corrected chi connectivity index (χ4v) is 9.10. The number of hydrogen-bond acceptors (Lipinski definition) is 8. The van der Waals surface area contributed by atoms with Crippen LogP contribution in [0, 0.1) is 11.3 Å². The van der Waals surface area contributed by atoms with Crippen LogP contribution in [-0.4, -0.2) is 85.2 Å². The number of fused-ring (bicyclic) bond motifs is 3. The number of rotatable bonds is 14. The Bertz CT molecular complexity index is 2040. The molecule has 0 spiro atoms. The van der Waals surface area contributed by atoms with E-state index in [2.05, 4.69) is 15.8 Å². The van der Waals surface area contributed by atoms with Gasteiger partial charge in [-0.05, 0) is 60.8 Å². The average Bonchev–Trinajstić information content (AvgIpc) is 4.07. The van der Waals surface area contributed by atoms with Gasteiger partial charge in [0.15, 0.2) is 0 Å². The van der Waals surface area contributed by atoms with Crippen molar-refractivity contribution < 1.29 is 36.4 Å². The second kappa shape index (κ2) is 15.1. The Balaban J connectivity index is 1.14. The number of hydrogen-bond donors (Lipinski definition) is 3. The van der Waals surface area contributed by atoms with E-state index in [1.54, 1.807) is 0 Å². The van der Waals surface area contributed by atoms with Crippen molar-refractivity contribution in [1.82, 2.24) is 20.3 Å². The Morgan fingerprint density at radius 2 is 1.53 bits per heavy atom. The van der Waals surface area contributed by atoms with Gasteiger partial charge in [-0.1, -0.05) is 105 Å². The molecule has 3 N–H and O–H groups in total. The molecule has 4 aliphatic rings. The van der Waals surface area contributed by atoms with Crippen molar-refractivity contribution in [1.29, 1.82) is 0 Å². The second-order valence-corrected chi connectivity index (χ2v) is 18.1. The Hall–Kier alpha value is -4.69. The predicted octanol–water partition coefficient (Wildman–Crippen LogP) is 4.79.